The summed E-state index contributed by atoms with van der Waals surface area (Å²) in [6, 6.07) is 0.847. The standard InChI is InChI=1S/C15H18F3NO3/c1-22-14(21)12(9-10-5-2-3-6-10)19-8-4-7-11(13(19)20)15(16,17)18/h4,7-8,10,12H,2-3,5-6,9H2,1H3. The summed E-state index contributed by atoms with van der Waals surface area (Å²) in [6.07, 6.45) is 0.713. The fourth-order valence-electron chi connectivity index (χ4n) is 2.99. The van der Waals surface area contributed by atoms with Crippen molar-refractivity contribution in [3.63, 3.8) is 0 Å². The lowest BCUT2D eigenvalue weighted by molar-refractivity contribution is -0.146. The number of nitrogens with zero attached hydrogens (tertiary/aromatic N) is 1. The molecule has 0 aliphatic heterocycles. The number of carbonyl (C=O) groups excluding carboxylic acids is 1. The second kappa shape index (κ2) is 6.54. The quantitative estimate of drug-likeness (QED) is 0.802. The molecule has 0 aromatic carbocycles. The smallest absolute Gasteiger partial charge is 0.421 e. The Morgan fingerprint density at radius 1 is 1.41 bits per heavy atom. The van der Waals surface area contributed by atoms with Gasteiger partial charge in [0.05, 0.1) is 7.11 Å². The predicted molar refractivity (Wildman–Crippen MR) is 73.3 cm³/mol. The molecule has 1 aliphatic rings. The van der Waals surface area contributed by atoms with Gasteiger partial charge in [-0.1, -0.05) is 25.7 Å². The molecule has 0 amide bonds. The molecule has 1 heterocycles. The number of aromatic nitrogens is 1. The largest absolute Gasteiger partial charge is 0.467 e. The number of carbonyl (C=O) groups is 1. The molecule has 1 atom stereocenters. The number of hydrogen-bond donors (Lipinski definition) is 0. The van der Waals surface area contributed by atoms with E-state index in [4.69, 9.17) is 0 Å². The maximum atomic E-state index is 12.9. The summed E-state index contributed by atoms with van der Waals surface area (Å²) in [4.78, 5) is 24.0. The van der Waals surface area contributed by atoms with E-state index in [0.29, 0.717) is 6.42 Å². The SMILES string of the molecule is COC(=O)C(CC1CCCC1)n1cccc(C(F)(F)F)c1=O. The summed E-state index contributed by atoms with van der Waals surface area (Å²) in [5.41, 5.74) is -2.47. The van der Waals surface area contributed by atoms with Crippen molar-refractivity contribution in [2.45, 2.75) is 44.3 Å². The van der Waals surface area contributed by atoms with Gasteiger partial charge in [0.2, 0.25) is 0 Å². The minimum atomic E-state index is -4.74. The molecule has 1 aliphatic carbocycles. The minimum absolute atomic E-state index is 0.227. The van der Waals surface area contributed by atoms with E-state index in [1.54, 1.807) is 0 Å². The van der Waals surface area contributed by atoms with E-state index in [1.807, 2.05) is 0 Å². The van der Waals surface area contributed by atoms with Crippen LogP contribution in [0.4, 0.5) is 13.2 Å². The van der Waals surface area contributed by atoms with Crippen LogP contribution >= 0.6 is 0 Å². The average molecular weight is 317 g/mol. The van der Waals surface area contributed by atoms with Crippen LogP contribution < -0.4 is 5.56 Å². The Morgan fingerprint density at radius 2 is 2.05 bits per heavy atom. The Bertz CT molecular complexity index is 588. The maximum Gasteiger partial charge on any atom is 0.421 e. The van der Waals surface area contributed by atoms with Gasteiger partial charge in [-0.2, -0.15) is 13.2 Å². The van der Waals surface area contributed by atoms with Gasteiger partial charge in [-0.15, -0.1) is 0 Å². The third-order valence-corrected chi connectivity index (χ3v) is 4.12. The Morgan fingerprint density at radius 3 is 2.59 bits per heavy atom. The van der Waals surface area contributed by atoms with Crippen molar-refractivity contribution < 1.29 is 22.7 Å². The highest BCUT2D eigenvalue weighted by Crippen LogP contribution is 2.32. The first-order valence-electron chi connectivity index (χ1n) is 7.20. The van der Waals surface area contributed by atoms with E-state index >= 15 is 0 Å². The number of alkyl halides is 3. The van der Waals surface area contributed by atoms with Crippen LogP contribution in [0.1, 0.15) is 43.7 Å². The van der Waals surface area contributed by atoms with Crippen LogP contribution in [0.5, 0.6) is 0 Å². The molecule has 122 valence electrons. The van der Waals surface area contributed by atoms with Crippen molar-refractivity contribution in [3.8, 4) is 0 Å². The molecule has 1 saturated carbocycles. The molecule has 0 radical (unpaired) electrons. The zero-order valence-electron chi connectivity index (χ0n) is 12.2. The second-order valence-electron chi connectivity index (χ2n) is 5.56. The normalized spacial score (nSPS) is 17.5. The highest BCUT2D eigenvalue weighted by molar-refractivity contribution is 5.74. The Hall–Kier alpha value is -1.79. The lowest BCUT2D eigenvalue weighted by Gasteiger charge is -2.21. The van der Waals surface area contributed by atoms with E-state index in [2.05, 4.69) is 4.74 Å². The van der Waals surface area contributed by atoms with Gasteiger partial charge in [0, 0.05) is 6.20 Å². The molecule has 0 N–H and O–H groups in total. The van der Waals surface area contributed by atoms with Crippen molar-refractivity contribution in [1.82, 2.24) is 4.57 Å². The van der Waals surface area contributed by atoms with E-state index in [-0.39, 0.29) is 5.92 Å². The van der Waals surface area contributed by atoms with Crippen LogP contribution in [0, 0.1) is 5.92 Å². The van der Waals surface area contributed by atoms with Crippen molar-refractivity contribution in [2.24, 2.45) is 5.92 Å². The van der Waals surface area contributed by atoms with Gasteiger partial charge >= 0.3 is 12.1 Å². The van der Waals surface area contributed by atoms with Crippen molar-refractivity contribution in [1.29, 1.82) is 0 Å². The zero-order chi connectivity index (χ0) is 16.3. The van der Waals surface area contributed by atoms with Crippen molar-refractivity contribution >= 4 is 5.97 Å². The summed E-state index contributed by atoms with van der Waals surface area (Å²) < 4.78 is 44.1. The Balaban J connectivity index is 2.39. The van der Waals surface area contributed by atoms with Gasteiger partial charge in [0.25, 0.3) is 5.56 Å². The third-order valence-electron chi connectivity index (χ3n) is 4.12. The molecule has 0 saturated heterocycles. The van der Waals surface area contributed by atoms with E-state index in [9.17, 15) is 22.8 Å². The van der Waals surface area contributed by atoms with Crippen LogP contribution in [-0.2, 0) is 15.7 Å². The number of halogens is 3. The summed E-state index contributed by atoms with van der Waals surface area (Å²) in [6.45, 7) is 0. The van der Waals surface area contributed by atoms with Gasteiger partial charge in [-0.25, -0.2) is 4.79 Å². The van der Waals surface area contributed by atoms with Gasteiger partial charge in [-0.3, -0.25) is 4.79 Å². The fraction of sp³-hybridized carbons (Fsp3) is 0.600. The monoisotopic (exact) mass is 317 g/mol. The first-order chi connectivity index (χ1) is 10.3. The summed E-state index contributed by atoms with van der Waals surface area (Å²) in [7, 11) is 1.17. The molecule has 1 aromatic rings. The number of hydrogen-bond acceptors (Lipinski definition) is 3. The van der Waals surface area contributed by atoms with Gasteiger partial charge in [-0.05, 0) is 24.5 Å². The molecule has 0 spiro atoms. The zero-order valence-corrected chi connectivity index (χ0v) is 12.2. The summed E-state index contributed by atoms with van der Waals surface area (Å²) in [5.74, 6) is -0.459. The average Bonchev–Trinajstić information content (AvgIpc) is 2.96. The van der Waals surface area contributed by atoms with E-state index in [0.717, 1.165) is 42.4 Å². The third kappa shape index (κ3) is 3.51. The summed E-state index contributed by atoms with van der Waals surface area (Å²) in [5, 5.41) is 0. The number of esters is 1. The molecule has 22 heavy (non-hydrogen) atoms. The van der Waals surface area contributed by atoms with Crippen LogP contribution in [0.25, 0.3) is 0 Å². The minimum Gasteiger partial charge on any atom is -0.467 e. The van der Waals surface area contributed by atoms with Gasteiger partial charge < -0.3 is 9.30 Å². The second-order valence-corrected chi connectivity index (χ2v) is 5.56. The summed E-state index contributed by atoms with van der Waals surface area (Å²) >= 11 is 0. The van der Waals surface area contributed by atoms with Crippen molar-refractivity contribution in [3.05, 3.63) is 34.2 Å². The topological polar surface area (TPSA) is 48.3 Å². The highest BCUT2D eigenvalue weighted by Gasteiger charge is 2.36. The van der Waals surface area contributed by atoms with Crippen LogP contribution in [0.2, 0.25) is 0 Å². The first-order valence-corrected chi connectivity index (χ1v) is 7.20. The Kier molecular flexibility index (Phi) is 4.93. The first kappa shape index (κ1) is 16.6. The molecule has 1 fully saturated rings. The van der Waals surface area contributed by atoms with Gasteiger partial charge in [0.15, 0.2) is 0 Å². The van der Waals surface area contributed by atoms with Crippen molar-refractivity contribution in [2.75, 3.05) is 7.11 Å². The number of rotatable bonds is 4. The lowest BCUT2D eigenvalue weighted by Crippen LogP contribution is -2.35. The highest BCUT2D eigenvalue weighted by atomic mass is 19.4. The fourth-order valence-corrected chi connectivity index (χ4v) is 2.99. The molecule has 1 unspecified atom stereocenters. The van der Waals surface area contributed by atoms with Crippen LogP contribution in [0.3, 0.4) is 0 Å². The Labute approximate surface area is 125 Å². The molecule has 1 aromatic heterocycles. The van der Waals surface area contributed by atoms with Gasteiger partial charge in [0.1, 0.15) is 11.6 Å². The van der Waals surface area contributed by atoms with Crippen LogP contribution in [0.15, 0.2) is 23.1 Å². The molecule has 0 bridgehead atoms. The molecule has 7 heteroatoms. The number of ether oxygens (including phenoxy) is 1. The lowest BCUT2D eigenvalue weighted by atomic mass is 9.98. The molecule has 4 nitrogen and oxygen atoms in total. The molecule has 2 rings (SSSR count). The molecular formula is C15H18F3NO3. The predicted octanol–water partition coefficient (Wildman–Crippen LogP) is 3.16. The molecular weight excluding hydrogens is 299 g/mol. The van der Waals surface area contributed by atoms with E-state index < -0.39 is 29.3 Å². The van der Waals surface area contributed by atoms with Crippen LogP contribution in [-0.4, -0.2) is 17.6 Å². The number of methoxy groups -OCH3 is 1. The van der Waals surface area contributed by atoms with E-state index in [1.165, 1.54) is 13.3 Å². The number of pyridine rings is 1. The maximum absolute atomic E-state index is 12.9.